The lowest BCUT2D eigenvalue weighted by Crippen LogP contribution is -1.93. The van der Waals surface area contributed by atoms with E-state index in [9.17, 15) is 0 Å². The van der Waals surface area contributed by atoms with Gasteiger partial charge in [0.1, 0.15) is 23.0 Å². The Kier molecular flexibility index (Phi) is 2.90. The summed E-state index contributed by atoms with van der Waals surface area (Å²) in [6, 6.07) is 12.5. The summed E-state index contributed by atoms with van der Waals surface area (Å²) in [5.74, 6) is 1.14. The molecule has 5 heteroatoms. The number of nitrogens with two attached hydrogens (primary N) is 1. The van der Waals surface area contributed by atoms with Gasteiger partial charge in [0.25, 0.3) is 0 Å². The Hall–Kier alpha value is -3.13. The molecule has 96 valence electrons. The van der Waals surface area contributed by atoms with Crippen molar-refractivity contribution in [2.45, 2.75) is 0 Å². The molecule has 2 aromatic heterocycles. The van der Waals surface area contributed by atoms with Gasteiger partial charge in [-0.2, -0.15) is 5.26 Å². The van der Waals surface area contributed by atoms with Crippen molar-refractivity contribution < 1.29 is 4.74 Å². The third-order valence-electron chi connectivity index (χ3n) is 2.85. The van der Waals surface area contributed by atoms with Gasteiger partial charge < -0.3 is 10.5 Å². The maximum Gasteiger partial charge on any atom is 0.153 e. The van der Waals surface area contributed by atoms with Gasteiger partial charge in [-0.3, -0.25) is 4.98 Å². The molecular weight excluding hydrogens is 252 g/mol. The van der Waals surface area contributed by atoms with Gasteiger partial charge in [-0.1, -0.05) is 0 Å². The third-order valence-corrected chi connectivity index (χ3v) is 2.85. The van der Waals surface area contributed by atoms with E-state index in [4.69, 9.17) is 15.7 Å². The normalized spacial score (nSPS) is 10.2. The molecule has 0 atom stereocenters. The number of aromatic nitrogens is 2. The van der Waals surface area contributed by atoms with E-state index < -0.39 is 0 Å². The molecule has 0 unspecified atom stereocenters. The Bertz CT molecular complexity index is 806. The van der Waals surface area contributed by atoms with E-state index in [0.717, 1.165) is 5.39 Å². The molecule has 0 aliphatic rings. The Labute approximate surface area is 115 Å². The van der Waals surface area contributed by atoms with Crippen LogP contribution >= 0.6 is 0 Å². The highest BCUT2D eigenvalue weighted by Crippen LogP contribution is 2.31. The fourth-order valence-corrected chi connectivity index (χ4v) is 1.88. The second-order valence-electron chi connectivity index (χ2n) is 4.15. The number of hydrogen-bond donors (Lipinski definition) is 1. The van der Waals surface area contributed by atoms with Crippen LogP contribution in [0.4, 0.5) is 5.69 Å². The molecule has 3 rings (SSSR count). The number of ether oxygens (including phenoxy) is 1. The van der Waals surface area contributed by atoms with Gasteiger partial charge in [0.15, 0.2) is 5.75 Å². The van der Waals surface area contributed by atoms with Crippen LogP contribution in [-0.2, 0) is 0 Å². The summed E-state index contributed by atoms with van der Waals surface area (Å²) in [6.07, 6.45) is 3.19. The fraction of sp³-hybridized carbons (Fsp3) is 0. The molecule has 2 heterocycles. The molecule has 1 aromatic carbocycles. The van der Waals surface area contributed by atoms with Crippen molar-refractivity contribution >= 4 is 16.6 Å². The molecule has 2 N–H and O–H groups in total. The lowest BCUT2D eigenvalue weighted by molar-refractivity contribution is 0.484. The van der Waals surface area contributed by atoms with Crippen molar-refractivity contribution in [1.29, 1.82) is 5.26 Å². The topological polar surface area (TPSA) is 84.8 Å². The number of pyridine rings is 2. The van der Waals surface area contributed by atoms with E-state index in [1.165, 1.54) is 6.20 Å². The number of nitrogens with zero attached hydrogens (tertiary/aromatic N) is 3. The summed E-state index contributed by atoms with van der Waals surface area (Å²) >= 11 is 0. The number of rotatable bonds is 2. The third kappa shape index (κ3) is 2.10. The first-order valence-electron chi connectivity index (χ1n) is 5.95. The minimum Gasteiger partial charge on any atom is -0.453 e. The lowest BCUT2D eigenvalue weighted by Gasteiger charge is -2.09. The SMILES string of the molecule is N#Cc1ccc(Oc2ccc(N)c3cccnc23)cn1. The zero-order valence-corrected chi connectivity index (χ0v) is 10.4. The van der Waals surface area contributed by atoms with Crippen LogP contribution in [0, 0.1) is 11.3 Å². The van der Waals surface area contributed by atoms with Crippen LogP contribution in [0.3, 0.4) is 0 Å². The zero-order chi connectivity index (χ0) is 13.9. The molecule has 3 aromatic rings. The molecule has 0 aliphatic heterocycles. The van der Waals surface area contributed by atoms with Crippen LogP contribution in [0.2, 0.25) is 0 Å². The molecular formula is C15H10N4O. The molecule has 5 nitrogen and oxygen atoms in total. The number of benzene rings is 1. The highest BCUT2D eigenvalue weighted by Gasteiger charge is 2.07. The predicted molar refractivity (Wildman–Crippen MR) is 75.2 cm³/mol. The second kappa shape index (κ2) is 4.86. The average Bonchev–Trinajstić information content (AvgIpc) is 2.51. The van der Waals surface area contributed by atoms with E-state index in [1.807, 2.05) is 18.2 Å². The number of nitrogen functional groups attached to an aromatic ring is 1. The monoisotopic (exact) mass is 262 g/mol. The molecule has 0 fully saturated rings. The summed E-state index contributed by atoms with van der Waals surface area (Å²) in [5.41, 5.74) is 7.60. The Morgan fingerprint density at radius 1 is 1.10 bits per heavy atom. The zero-order valence-electron chi connectivity index (χ0n) is 10.4. The van der Waals surface area contributed by atoms with Crippen LogP contribution in [0.15, 0.2) is 48.8 Å². The molecule has 0 saturated carbocycles. The van der Waals surface area contributed by atoms with Gasteiger partial charge in [0.05, 0.1) is 6.20 Å². The van der Waals surface area contributed by atoms with Crippen LogP contribution in [0.25, 0.3) is 10.9 Å². The van der Waals surface area contributed by atoms with Gasteiger partial charge >= 0.3 is 0 Å². The first kappa shape index (κ1) is 11.9. The van der Waals surface area contributed by atoms with Gasteiger partial charge in [0, 0.05) is 17.3 Å². The minimum atomic E-state index is 0.345. The molecule has 0 aliphatic carbocycles. The molecule has 0 saturated heterocycles. The molecule has 20 heavy (non-hydrogen) atoms. The maximum atomic E-state index is 8.71. The van der Waals surface area contributed by atoms with Gasteiger partial charge in [-0.05, 0) is 36.4 Å². The van der Waals surface area contributed by atoms with E-state index >= 15 is 0 Å². The summed E-state index contributed by atoms with van der Waals surface area (Å²) in [7, 11) is 0. The number of nitriles is 1. The van der Waals surface area contributed by atoms with Crippen LogP contribution in [0.5, 0.6) is 11.5 Å². The van der Waals surface area contributed by atoms with E-state index in [0.29, 0.717) is 28.4 Å². The van der Waals surface area contributed by atoms with Gasteiger partial charge in [0.2, 0.25) is 0 Å². The first-order valence-corrected chi connectivity index (χ1v) is 5.95. The lowest BCUT2D eigenvalue weighted by atomic mass is 10.1. The predicted octanol–water partition coefficient (Wildman–Crippen LogP) is 2.88. The highest BCUT2D eigenvalue weighted by atomic mass is 16.5. The molecule has 0 radical (unpaired) electrons. The number of anilines is 1. The van der Waals surface area contributed by atoms with Crippen molar-refractivity contribution in [3.8, 4) is 17.6 Å². The smallest absolute Gasteiger partial charge is 0.153 e. The van der Waals surface area contributed by atoms with Gasteiger partial charge in [-0.15, -0.1) is 0 Å². The number of hydrogen-bond acceptors (Lipinski definition) is 5. The first-order chi connectivity index (χ1) is 9.78. The van der Waals surface area contributed by atoms with E-state index in [-0.39, 0.29) is 0 Å². The van der Waals surface area contributed by atoms with Crippen LogP contribution in [0.1, 0.15) is 5.69 Å². The number of fused-ring (bicyclic) bond motifs is 1. The fourth-order valence-electron chi connectivity index (χ4n) is 1.88. The molecule has 0 bridgehead atoms. The van der Waals surface area contributed by atoms with Crippen molar-refractivity contribution in [2.24, 2.45) is 0 Å². The summed E-state index contributed by atoms with van der Waals surface area (Å²) < 4.78 is 5.76. The molecule has 0 amide bonds. The maximum absolute atomic E-state index is 8.71. The van der Waals surface area contributed by atoms with Crippen molar-refractivity contribution in [1.82, 2.24) is 9.97 Å². The van der Waals surface area contributed by atoms with Crippen molar-refractivity contribution in [2.75, 3.05) is 5.73 Å². The Morgan fingerprint density at radius 2 is 2.00 bits per heavy atom. The highest BCUT2D eigenvalue weighted by molar-refractivity contribution is 5.94. The molecule has 0 spiro atoms. The van der Waals surface area contributed by atoms with E-state index in [2.05, 4.69) is 9.97 Å². The minimum absolute atomic E-state index is 0.345. The average molecular weight is 262 g/mol. The Balaban J connectivity index is 2.02. The quantitative estimate of drug-likeness (QED) is 0.718. The van der Waals surface area contributed by atoms with Crippen molar-refractivity contribution in [3.05, 3.63) is 54.5 Å². The van der Waals surface area contributed by atoms with E-state index in [1.54, 1.807) is 30.5 Å². The standard InChI is InChI=1S/C15H10N4O/c16-8-10-3-4-11(9-19-10)20-14-6-5-13(17)12-2-1-7-18-15(12)14/h1-7,9H,17H2. The summed E-state index contributed by atoms with van der Waals surface area (Å²) in [5, 5.41) is 9.55. The summed E-state index contributed by atoms with van der Waals surface area (Å²) in [4.78, 5) is 8.25. The largest absolute Gasteiger partial charge is 0.453 e. The van der Waals surface area contributed by atoms with Crippen LogP contribution < -0.4 is 10.5 Å². The summed E-state index contributed by atoms with van der Waals surface area (Å²) in [6.45, 7) is 0. The van der Waals surface area contributed by atoms with Crippen LogP contribution in [-0.4, -0.2) is 9.97 Å². The van der Waals surface area contributed by atoms with Crippen molar-refractivity contribution in [3.63, 3.8) is 0 Å². The van der Waals surface area contributed by atoms with Gasteiger partial charge in [-0.25, -0.2) is 4.98 Å². The Morgan fingerprint density at radius 3 is 2.75 bits per heavy atom. The second-order valence-corrected chi connectivity index (χ2v) is 4.15.